The second kappa shape index (κ2) is 6.33. The van der Waals surface area contributed by atoms with Crippen LogP contribution in [0.4, 0.5) is 11.5 Å². The molecule has 0 amide bonds. The van der Waals surface area contributed by atoms with Gasteiger partial charge in [0.05, 0.1) is 17.6 Å². The van der Waals surface area contributed by atoms with Crippen LogP contribution in [-0.4, -0.2) is 24.1 Å². The fourth-order valence-electron chi connectivity index (χ4n) is 1.50. The number of sulfonamides is 1. The molecule has 0 fully saturated rings. The van der Waals surface area contributed by atoms with E-state index in [0.717, 1.165) is 11.3 Å². The van der Waals surface area contributed by atoms with Gasteiger partial charge in [0.1, 0.15) is 5.82 Å². The minimum atomic E-state index is -3.28. The average molecular weight is 292 g/mol. The van der Waals surface area contributed by atoms with Crippen LogP contribution >= 0.6 is 0 Å². The number of aromatic nitrogens is 2. The minimum absolute atomic E-state index is 0.0245. The molecule has 0 aromatic carbocycles. The number of hydrogen-bond donors (Lipinski definition) is 2. The fraction of sp³-hybridized carbons (Fsp3) is 0.231. The third kappa shape index (κ3) is 4.20. The number of hydrogen-bond acceptors (Lipinski definition) is 5. The number of nitrogens with one attached hydrogen (secondary N) is 2. The van der Waals surface area contributed by atoms with Crippen molar-refractivity contribution in [3.8, 4) is 0 Å². The van der Waals surface area contributed by atoms with Gasteiger partial charge in [0.2, 0.25) is 10.0 Å². The van der Waals surface area contributed by atoms with Gasteiger partial charge in [0.25, 0.3) is 0 Å². The molecule has 0 radical (unpaired) electrons. The summed E-state index contributed by atoms with van der Waals surface area (Å²) in [6, 6.07) is 7.25. The van der Waals surface area contributed by atoms with Crippen LogP contribution in [0.25, 0.3) is 0 Å². The maximum absolute atomic E-state index is 11.4. The van der Waals surface area contributed by atoms with Crippen molar-refractivity contribution in [2.24, 2.45) is 0 Å². The normalized spacial score (nSPS) is 11.1. The summed E-state index contributed by atoms with van der Waals surface area (Å²) < 4.78 is 25.2. The van der Waals surface area contributed by atoms with Crippen molar-refractivity contribution in [3.05, 3.63) is 48.4 Å². The third-order valence-electron chi connectivity index (χ3n) is 2.65. The molecule has 0 aliphatic carbocycles. The Morgan fingerprint density at radius 2 is 1.90 bits per heavy atom. The van der Waals surface area contributed by atoms with Gasteiger partial charge in [-0.25, -0.2) is 13.4 Å². The molecule has 20 heavy (non-hydrogen) atoms. The summed E-state index contributed by atoms with van der Waals surface area (Å²) in [5.41, 5.74) is 1.93. The molecule has 0 bridgehead atoms. The smallest absolute Gasteiger partial charge is 0.233 e. The third-order valence-corrected chi connectivity index (χ3v) is 3.93. The van der Waals surface area contributed by atoms with Crippen LogP contribution in [0.15, 0.2) is 42.9 Å². The predicted molar refractivity (Wildman–Crippen MR) is 78.9 cm³/mol. The highest BCUT2D eigenvalue weighted by atomic mass is 32.2. The van der Waals surface area contributed by atoms with Gasteiger partial charge < -0.3 is 5.32 Å². The summed E-state index contributed by atoms with van der Waals surface area (Å²) >= 11 is 0. The largest absolute Gasteiger partial charge is 0.380 e. The molecule has 0 aliphatic rings. The van der Waals surface area contributed by atoms with E-state index in [4.69, 9.17) is 0 Å². The van der Waals surface area contributed by atoms with E-state index in [0.29, 0.717) is 12.4 Å². The molecule has 2 heterocycles. The van der Waals surface area contributed by atoms with E-state index in [1.165, 1.54) is 0 Å². The molecular formula is C13H16N4O2S. The van der Waals surface area contributed by atoms with E-state index in [-0.39, 0.29) is 5.75 Å². The molecule has 2 aromatic heterocycles. The first-order valence-electron chi connectivity index (χ1n) is 6.18. The monoisotopic (exact) mass is 292 g/mol. The maximum Gasteiger partial charge on any atom is 0.233 e. The number of anilines is 2. The van der Waals surface area contributed by atoms with Crippen LogP contribution in [0, 0.1) is 0 Å². The summed E-state index contributed by atoms with van der Waals surface area (Å²) in [7, 11) is -3.28. The van der Waals surface area contributed by atoms with Gasteiger partial charge in [-0.2, -0.15) is 0 Å². The molecule has 0 unspecified atom stereocenters. The zero-order chi connectivity index (χ0) is 14.4. The first kappa shape index (κ1) is 14.3. The molecule has 0 saturated heterocycles. The predicted octanol–water partition coefficient (Wildman–Crippen LogP) is 1.85. The topological polar surface area (TPSA) is 84.0 Å². The molecule has 2 N–H and O–H groups in total. The lowest BCUT2D eigenvalue weighted by molar-refractivity contribution is 0.602. The standard InChI is InChI=1S/C13H16N4O2S/c1-2-20(18,19)17-13-4-3-12(10-16-13)15-9-11-5-7-14-8-6-11/h3-8,10,15H,2,9H2,1H3,(H,16,17). The van der Waals surface area contributed by atoms with Crippen molar-refractivity contribution >= 4 is 21.5 Å². The Labute approximate surface area is 118 Å². The summed E-state index contributed by atoms with van der Waals surface area (Å²) in [4.78, 5) is 8.01. The van der Waals surface area contributed by atoms with Crippen molar-refractivity contribution in [3.63, 3.8) is 0 Å². The molecule has 2 aromatic rings. The van der Waals surface area contributed by atoms with Gasteiger partial charge in [-0.15, -0.1) is 0 Å². The van der Waals surface area contributed by atoms with Crippen molar-refractivity contribution in [2.75, 3.05) is 15.8 Å². The summed E-state index contributed by atoms with van der Waals surface area (Å²) in [5.74, 6) is 0.345. The van der Waals surface area contributed by atoms with E-state index >= 15 is 0 Å². The Hall–Kier alpha value is -2.15. The van der Waals surface area contributed by atoms with Crippen LogP contribution < -0.4 is 10.0 Å². The number of pyridine rings is 2. The molecule has 0 atom stereocenters. The summed E-state index contributed by atoms with van der Waals surface area (Å²) in [6.45, 7) is 2.23. The molecule has 0 spiro atoms. The Balaban J connectivity index is 1.95. The zero-order valence-corrected chi connectivity index (χ0v) is 11.9. The average Bonchev–Trinajstić information content (AvgIpc) is 2.47. The van der Waals surface area contributed by atoms with Crippen LogP contribution in [-0.2, 0) is 16.6 Å². The van der Waals surface area contributed by atoms with Gasteiger partial charge in [0, 0.05) is 18.9 Å². The maximum atomic E-state index is 11.4. The minimum Gasteiger partial charge on any atom is -0.380 e. The molecule has 6 nitrogen and oxygen atoms in total. The molecular weight excluding hydrogens is 276 g/mol. The van der Waals surface area contributed by atoms with Gasteiger partial charge in [0.15, 0.2) is 0 Å². The van der Waals surface area contributed by atoms with Gasteiger partial charge in [-0.3, -0.25) is 9.71 Å². The van der Waals surface area contributed by atoms with Crippen molar-refractivity contribution < 1.29 is 8.42 Å². The van der Waals surface area contributed by atoms with Crippen molar-refractivity contribution in [1.82, 2.24) is 9.97 Å². The lowest BCUT2D eigenvalue weighted by Crippen LogP contribution is -2.15. The van der Waals surface area contributed by atoms with E-state index in [2.05, 4.69) is 20.0 Å². The van der Waals surface area contributed by atoms with Crippen molar-refractivity contribution in [2.45, 2.75) is 13.5 Å². The first-order chi connectivity index (χ1) is 9.59. The number of nitrogens with zero attached hydrogens (tertiary/aromatic N) is 2. The lowest BCUT2D eigenvalue weighted by Gasteiger charge is -2.08. The molecule has 106 valence electrons. The second-order valence-electron chi connectivity index (χ2n) is 4.15. The quantitative estimate of drug-likeness (QED) is 0.849. The fourth-order valence-corrected chi connectivity index (χ4v) is 2.08. The van der Waals surface area contributed by atoms with Crippen LogP contribution in [0.5, 0.6) is 0 Å². The summed E-state index contributed by atoms with van der Waals surface area (Å²) in [6.07, 6.45) is 5.06. The van der Waals surface area contributed by atoms with Crippen molar-refractivity contribution in [1.29, 1.82) is 0 Å². The Bertz CT molecular complexity index is 642. The molecule has 2 rings (SSSR count). The summed E-state index contributed by atoms with van der Waals surface area (Å²) in [5, 5.41) is 3.20. The van der Waals surface area contributed by atoms with E-state index in [9.17, 15) is 8.42 Å². The Morgan fingerprint density at radius 3 is 2.50 bits per heavy atom. The zero-order valence-electron chi connectivity index (χ0n) is 11.1. The van der Waals surface area contributed by atoms with Gasteiger partial charge in [-0.1, -0.05) is 0 Å². The Kier molecular flexibility index (Phi) is 4.52. The number of rotatable bonds is 6. The van der Waals surface area contributed by atoms with Gasteiger partial charge >= 0.3 is 0 Å². The van der Waals surface area contributed by atoms with Crippen LogP contribution in [0.3, 0.4) is 0 Å². The highest BCUT2D eigenvalue weighted by molar-refractivity contribution is 7.92. The molecule has 0 aliphatic heterocycles. The van der Waals surface area contributed by atoms with Crippen LogP contribution in [0.1, 0.15) is 12.5 Å². The van der Waals surface area contributed by atoms with Gasteiger partial charge in [-0.05, 0) is 36.8 Å². The SMILES string of the molecule is CCS(=O)(=O)Nc1ccc(NCc2ccncc2)cn1. The molecule has 7 heteroatoms. The first-order valence-corrected chi connectivity index (χ1v) is 7.83. The molecule has 0 saturated carbocycles. The van der Waals surface area contributed by atoms with E-state index in [1.54, 1.807) is 37.6 Å². The highest BCUT2D eigenvalue weighted by Gasteiger charge is 2.07. The van der Waals surface area contributed by atoms with E-state index in [1.807, 2.05) is 12.1 Å². The second-order valence-corrected chi connectivity index (χ2v) is 6.16. The van der Waals surface area contributed by atoms with Crippen LogP contribution in [0.2, 0.25) is 0 Å². The highest BCUT2D eigenvalue weighted by Crippen LogP contribution is 2.12. The lowest BCUT2D eigenvalue weighted by atomic mass is 10.2. The van der Waals surface area contributed by atoms with E-state index < -0.39 is 10.0 Å². The Morgan fingerprint density at radius 1 is 1.15 bits per heavy atom.